The van der Waals surface area contributed by atoms with Crippen LogP contribution < -0.4 is 0 Å². The van der Waals surface area contributed by atoms with Gasteiger partial charge in [0.25, 0.3) is 0 Å². The predicted molar refractivity (Wildman–Crippen MR) is 86.6 cm³/mol. The van der Waals surface area contributed by atoms with E-state index in [1.54, 1.807) is 30.2 Å². The number of aromatic nitrogens is 1. The summed E-state index contributed by atoms with van der Waals surface area (Å²) in [4.78, 5) is 17.8. The maximum absolute atomic E-state index is 12.0. The molecule has 0 aliphatic carbocycles. The fraction of sp³-hybridized carbons (Fsp3) is 0.412. The average Bonchev–Trinajstić information content (AvgIpc) is 2.74. The minimum atomic E-state index is -0.386. The highest BCUT2D eigenvalue weighted by atomic mass is 35.5. The molecule has 1 saturated heterocycles. The van der Waals surface area contributed by atoms with Gasteiger partial charge in [-0.1, -0.05) is 17.5 Å². The molecule has 0 spiro atoms. The highest BCUT2D eigenvalue weighted by molar-refractivity contribution is 6.30. The molecule has 0 unspecified atom stereocenters. The normalized spacial score (nSPS) is 18.0. The van der Waals surface area contributed by atoms with Crippen LogP contribution in [-0.2, 0) is 4.74 Å². The van der Waals surface area contributed by atoms with Crippen molar-refractivity contribution in [3.63, 3.8) is 0 Å². The number of nitrogens with zero attached hydrogens (tertiary/aromatic N) is 2. The third-order valence-electron chi connectivity index (χ3n) is 3.72. The smallest absolute Gasteiger partial charge is 0.410 e. The summed E-state index contributed by atoms with van der Waals surface area (Å²) in [5, 5.41) is 0.613. The number of ether oxygens (including phenoxy) is 1. The second kappa shape index (κ2) is 6.85. The largest absolute Gasteiger partial charge is 0.450 e. The van der Waals surface area contributed by atoms with Gasteiger partial charge >= 0.3 is 6.09 Å². The Kier molecular flexibility index (Phi) is 5.10. The molecule has 1 amide bonds. The van der Waals surface area contributed by atoms with E-state index in [9.17, 15) is 4.79 Å². The Hall–Kier alpha value is -1.99. The van der Waals surface area contributed by atoms with E-state index < -0.39 is 0 Å². The lowest BCUT2D eigenvalue weighted by molar-refractivity contribution is 0.0902. The van der Waals surface area contributed by atoms with Gasteiger partial charge in [-0.25, -0.2) is 9.78 Å². The zero-order chi connectivity index (χ0) is 16.2. The molecule has 1 fully saturated rings. The molecule has 0 atom stereocenters. The standard InChI is InChI=1S/C17H19ClN2O2/c1-4-22-16(21)20-11-9-13(17(20,2)3)6-5-7-15-12-14(18)8-10-19-15/h6,8,10,12H,4,9,11H2,1-3H3/b13-6+. The Morgan fingerprint density at radius 1 is 1.59 bits per heavy atom. The number of carbonyl (C=O) groups excluding carboxylic acids is 1. The summed E-state index contributed by atoms with van der Waals surface area (Å²) in [5.74, 6) is 5.97. The zero-order valence-electron chi connectivity index (χ0n) is 13.0. The van der Waals surface area contributed by atoms with Crippen LogP contribution in [0.25, 0.3) is 0 Å². The third-order valence-corrected chi connectivity index (χ3v) is 3.96. The van der Waals surface area contributed by atoms with Crippen molar-refractivity contribution in [3.05, 3.63) is 40.7 Å². The van der Waals surface area contributed by atoms with E-state index in [1.807, 2.05) is 19.9 Å². The zero-order valence-corrected chi connectivity index (χ0v) is 13.8. The Bertz CT molecular complexity index is 656. The van der Waals surface area contributed by atoms with Crippen LogP contribution in [0.4, 0.5) is 4.79 Å². The maximum Gasteiger partial charge on any atom is 0.410 e. The molecule has 1 aromatic heterocycles. The SMILES string of the molecule is CCOC(=O)N1CC/C(=C\C#Cc2cc(Cl)ccn2)C1(C)C. The molecule has 5 heteroatoms. The van der Waals surface area contributed by atoms with Gasteiger partial charge in [-0.2, -0.15) is 0 Å². The van der Waals surface area contributed by atoms with Crippen molar-refractivity contribution in [2.75, 3.05) is 13.2 Å². The van der Waals surface area contributed by atoms with Gasteiger partial charge in [-0.15, -0.1) is 0 Å². The van der Waals surface area contributed by atoms with Gasteiger partial charge in [0, 0.05) is 17.8 Å². The molecule has 22 heavy (non-hydrogen) atoms. The minimum absolute atomic E-state index is 0.277. The van der Waals surface area contributed by atoms with E-state index in [0.717, 1.165) is 12.0 Å². The monoisotopic (exact) mass is 318 g/mol. The van der Waals surface area contributed by atoms with Crippen molar-refractivity contribution in [3.8, 4) is 11.8 Å². The van der Waals surface area contributed by atoms with Gasteiger partial charge in [0.05, 0.1) is 12.1 Å². The number of allylic oxidation sites excluding steroid dienone is 1. The number of rotatable bonds is 1. The van der Waals surface area contributed by atoms with Crippen molar-refractivity contribution >= 4 is 17.7 Å². The van der Waals surface area contributed by atoms with E-state index in [0.29, 0.717) is 23.9 Å². The number of hydrogen-bond acceptors (Lipinski definition) is 3. The maximum atomic E-state index is 12.0. The van der Waals surface area contributed by atoms with Crippen molar-refractivity contribution in [2.45, 2.75) is 32.7 Å². The summed E-state index contributed by atoms with van der Waals surface area (Å²) < 4.78 is 5.10. The van der Waals surface area contributed by atoms with Crippen LogP contribution in [0.3, 0.4) is 0 Å². The molecular formula is C17H19ClN2O2. The van der Waals surface area contributed by atoms with E-state index in [2.05, 4.69) is 16.8 Å². The van der Waals surface area contributed by atoms with Crippen LogP contribution in [0.15, 0.2) is 30.0 Å². The first-order chi connectivity index (χ1) is 10.4. The molecule has 2 heterocycles. The minimum Gasteiger partial charge on any atom is -0.450 e. The molecule has 0 bridgehead atoms. The molecule has 116 valence electrons. The average molecular weight is 319 g/mol. The van der Waals surface area contributed by atoms with E-state index in [1.165, 1.54) is 0 Å². The van der Waals surface area contributed by atoms with Crippen LogP contribution in [0.2, 0.25) is 5.02 Å². The molecule has 0 saturated carbocycles. The lowest BCUT2D eigenvalue weighted by atomic mass is 9.95. The molecule has 2 rings (SSSR count). The lowest BCUT2D eigenvalue weighted by Gasteiger charge is -2.31. The van der Waals surface area contributed by atoms with Gasteiger partial charge < -0.3 is 4.74 Å². The predicted octanol–water partition coefficient (Wildman–Crippen LogP) is 3.65. The first kappa shape index (κ1) is 16.4. The van der Waals surface area contributed by atoms with Gasteiger partial charge in [0.2, 0.25) is 0 Å². The lowest BCUT2D eigenvalue weighted by Crippen LogP contribution is -2.43. The van der Waals surface area contributed by atoms with Crippen LogP contribution in [-0.4, -0.2) is 34.7 Å². The Balaban J connectivity index is 2.15. The molecule has 0 radical (unpaired) electrons. The van der Waals surface area contributed by atoms with Crippen LogP contribution in [0.1, 0.15) is 32.9 Å². The first-order valence-corrected chi connectivity index (χ1v) is 7.60. The Morgan fingerprint density at radius 3 is 3.05 bits per heavy atom. The molecule has 4 nitrogen and oxygen atoms in total. The van der Waals surface area contributed by atoms with Crippen molar-refractivity contribution < 1.29 is 9.53 Å². The number of amides is 1. The number of likely N-dealkylation sites (tertiary alicyclic amines) is 1. The number of halogens is 1. The summed E-state index contributed by atoms with van der Waals surface area (Å²) in [6.45, 7) is 6.84. The quantitative estimate of drug-likeness (QED) is 0.742. The molecule has 1 aliphatic heterocycles. The van der Waals surface area contributed by atoms with Crippen LogP contribution >= 0.6 is 11.6 Å². The number of pyridine rings is 1. The Labute approximate surface area is 136 Å². The van der Waals surface area contributed by atoms with E-state index >= 15 is 0 Å². The number of hydrogen-bond donors (Lipinski definition) is 0. The second-order valence-corrected chi connectivity index (χ2v) is 5.89. The fourth-order valence-corrected chi connectivity index (χ4v) is 2.59. The summed E-state index contributed by atoms with van der Waals surface area (Å²) in [6.07, 6.45) is 4.01. The topological polar surface area (TPSA) is 42.4 Å². The van der Waals surface area contributed by atoms with Crippen molar-refractivity contribution in [1.82, 2.24) is 9.88 Å². The molecule has 1 aromatic rings. The molecule has 1 aliphatic rings. The van der Waals surface area contributed by atoms with Crippen LogP contribution in [0, 0.1) is 11.8 Å². The summed E-state index contributed by atoms with van der Waals surface area (Å²) in [7, 11) is 0. The first-order valence-electron chi connectivity index (χ1n) is 7.22. The van der Waals surface area contributed by atoms with Crippen molar-refractivity contribution in [2.24, 2.45) is 0 Å². The molecule has 0 N–H and O–H groups in total. The van der Waals surface area contributed by atoms with Gasteiger partial charge in [0.1, 0.15) is 5.69 Å². The number of carbonyl (C=O) groups is 1. The van der Waals surface area contributed by atoms with E-state index in [4.69, 9.17) is 16.3 Å². The summed E-state index contributed by atoms with van der Waals surface area (Å²) in [6, 6.07) is 3.43. The van der Waals surface area contributed by atoms with Crippen molar-refractivity contribution in [1.29, 1.82) is 0 Å². The third kappa shape index (κ3) is 3.61. The Morgan fingerprint density at radius 2 is 2.36 bits per heavy atom. The molecular weight excluding hydrogens is 300 g/mol. The van der Waals surface area contributed by atoms with E-state index in [-0.39, 0.29) is 11.6 Å². The summed E-state index contributed by atoms with van der Waals surface area (Å²) >= 11 is 5.90. The van der Waals surface area contributed by atoms with Crippen LogP contribution in [0.5, 0.6) is 0 Å². The fourth-order valence-electron chi connectivity index (χ4n) is 2.43. The second-order valence-electron chi connectivity index (χ2n) is 5.46. The highest BCUT2D eigenvalue weighted by Crippen LogP contribution is 2.34. The van der Waals surface area contributed by atoms with Gasteiger partial charge in [-0.3, -0.25) is 4.90 Å². The van der Waals surface area contributed by atoms with Gasteiger partial charge in [-0.05, 0) is 56.9 Å². The van der Waals surface area contributed by atoms with Gasteiger partial charge in [0.15, 0.2) is 0 Å². The summed E-state index contributed by atoms with van der Waals surface area (Å²) in [5.41, 5.74) is 1.35. The molecule has 0 aromatic carbocycles. The highest BCUT2D eigenvalue weighted by Gasteiger charge is 2.40.